The highest BCUT2D eigenvalue weighted by molar-refractivity contribution is 9.10. The number of hydrogen-bond donors (Lipinski definition) is 1. The number of benzene rings is 1. The fourth-order valence-corrected chi connectivity index (χ4v) is 2.60. The second-order valence-electron chi connectivity index (χ2n) is 3.81. The number of nitrogens with two attached hydrogens (primary N) is 1. The molecule has 90 valence electrons. The molecule has 0 saturated heterocycles. The van der Waals surface area contributed by atoms with Gasteiger partial charge >= 0.3 is 0 Å². The van der Waals surface area contributed by atoms with Crippen LogP contribution in [0.3, 0.4) is 0 Å². The molecule has 0 aliphatic rings. The van der Waals surface area contributed by atoms with Crippen LogP contribution in [0, 0.1) is 0 Å². The monoisotopic (exact) mass is 311 g/mol. The zero-order chi connectivity index (χ0) is 12.1. The van der Waals surface area contributed by atoms with Crippen LogP contribution in [0.25, 0.3) is 0 Å². The van der Waals surface area contributed by atoms with Crippen molar-refractivity contribution in [2.45, 2.75) is 17.4 Å². The predicted molar refractivity (Wildman–Crippen MR) is 75.3 cm³/mol. The molecule has 0 radical (unpaired) electrons. The summed E-state index contributed by atoms with van der Waals surface area (Å²) >= 11 is 5.19. The molecule has 0 saturated carbocycles. The maximum absolute atomic E-state index is 6.05. The van der Waals surface area contributed by atoms with Crippen LogP contribution >= 0.6 is 27.7 Å². The van der Waals surface area contributed by atoms with Crippen molar-refractivity contribution in [1.82, 2.24) is 0 Å². The van der Waals surface area contributed by atoms with Crippen molar-refractivity contribution in [1.29, 1.82) is 0 Å². The van der Waals surface area contributed by atoms with Gasteiger partial charge in [0.25, 0.3) is 0 Å². The first kappa shape index (κ1) is 12.7. The first-order valence-electron chi connectivity index (χ1n) is 5.40. The largest absolute Gasteiger partial charge is 0.469 e. The van der Waals surface area contributed by atoms with E-state index in [2.05, 4.69) is 28.1 Å². The molecule has 1 aromatic heterocycles. The second kappa shape index (κ2) is 6.28. The zero-order valence-electron chi connectivity index (χ0n) is 9.30. The summed E-state index contributed by atoms with van der Waals surface area (Å²) in [6.45, 7) is 0. The molecule has 1 aromatic carbocycles. The van der Waals surface area contributed by atoms with Gasteiger partial charge < -0.3 is 10.2 Å². The first-order chi connectivity index (χ1) is 8.24. The van der Waals surface area contributed by atoms with E-state index in [0.717, 1.165) is 22.4 Å². The minimum atomic E-state index is 0.120. The number of hydrogen-bond acceptors (Lipinski definition) is 3. The molecule has 2 nitrogen and oxygen atoms in total. The van der Waals surface area contributed by atoms with E-state index in [0.29, 0.717) is 0 Å². The topological polar surface area (TPSA) is 39.2 Å². The van der Waals surface area contributed by atoms with Crippen molar-refractivity contribution >= 4 is 27.7 Å². The average molecular weight is 312 g/mol. The van der Waals surface area contributed by atoms with Gasteiger partial charge in [-0.1, -0.05) is 15.9 Å². The van der Waals surface area contributed by atoms with Crippen molar-refractivity contribution in [3.05, 3.63) is 52.9 Å². The Morgan fingerprint density at radius 1 is 1.24 bits per heavy atom. The number of halogens is 1. The molecule has 1 heterocycles. The summed E-state index contributed by atoms with van der Waals surface area (Å²) < 4.78 is 6.38. The van der Waals surface area contributed by atoms with Crippen LogP contribution in [-0.4, -0.2) is 11.8 Å². The molecular formula is C13H14BrNOS. The average Bonchev–Trinajstić information content (AvgIpc) is 2.81. The van der Waals surface area contributed by atoms with E-state index >= 15 is 0 Å². The van der Waals surface area contributed by atoms with Crippen molar-refractivity contribution in [2.75, 3.05) is 5.75 Å². The molecule has 2 rings (SSSR count). The van der Waals surface area contributed by atoms with E-state index in [4.69, 9.17) is 10.2 Å². The molecule has 2 N–H and O–H groups in total. The molecule has 0 bridgehead atoms. The number of thioether (sulfide) groups is 1. The minimum absolute atomic E-state index is 0.120. The van der Waals surface area contributed by atoms with Gasteiger partial charge in [0.2, 0.25) is 0 Å². The van der Waals surface area contributed by atoms with Crippen LogP contribution in [0.4, 0.5) is 0 Å². The Balaban J connectivity index is 1.79. The third-order valence-corrected chi connectivity index (χ3v) is 4.05. The van der Waals surface area contributed by atoms with Gasteiger partial charge in [0.1, 0.15) is 5.76 Å². The van der Waals surface area contributed by atoms with Crippen molar-refractivity contribution in [2.24, 2.45) is 5.73 Å². The molecule has 0 spiro atoms. The number of rotatable bonds is 5. The third kappa shape index (κ3) is 4.22. The van der Waals surface area contributed by atoms with Crippen LogP contribution in [0.5, 0.6) is 0 Å². The van der Waals surface area contributed by atoms with E-state index in [1.165, 1.54) is 4.90 Å². The van der Waals surface area contributed by atoms with Gasteiger partial charge in [0.05, 0.1) is 6.26 Å². The Morgan fingerprint density at radius 3 is 2.65 bits per heavy atom. The van der Waals surface area contributed by atoms with Crippen LogP contribution in [0.15, 0.2) is 56.4 Å². The van der Waals surface area contributed by atoms with Crippen molar-refractivity contribution in [3.8, 4) is 0 Å². The lowest BCUT2D eigenvalue weighted by atomic mass is 10.2. The molecule has 0 aliphatic carbocycles. The molecular weight excluding hydrogens is 298 g/mol. The lowest BCUT2D eigenvalue weighted by Crippen LogP contribution is -2.25. The summed E-state index contributed by atoms with van der Waals surface area (Å²) in [5.74, 6) is 1.84. The van der Waals surface area contributed by atoms with Crippen LogP contribution in [-0.2, 0) is 6.42 Å². The maximum atomic E-state index is 6.05. The fourth-order valence-electron chi connectivity index (χ4n) is 1.48. The van der Waals surface area contributed by atoms with E-state index in [9.17, 15) is 0 Å². The smallest absolute Gasteiger partial charge is 0.105 e. The molecule has 0 aliphatic heterocycles. The molecule has 0 amide bonds. The molecule has 2 aromatic rings. The molecule has 4 heteroatoms. The molecule has 1 atom stereocenters. The fraction of sp³-hybridized carbons (Fsp3) is 0.231. The summed E-state index contributed by atoms with van der Waals surface area (Å²) in [6, 6.07) is 12.2. The SMILES string of the molecule is NC(CSc1ccc(Br)cc1)Cc1ccco1. The second-order valence-corrected chi connectivity index (χ2v) is 5.82. The van der Waals surface area contributed by atoms with Gasteiger partial charge in [0.15, 0.2) is 0 Å². The lowest BCUT2D eigenvalue weighted by molar-refractivity contribution is 0.493. The standard InChI is InChI=1S/C13H14BrNOS/c14-10-3-5-13(6-4-10)17-9-11(15)8-12-2-1-7-16-12/h1-7,11H,8-9,15H2. The Hall–Kier alpha value is -0.710. The van der Waals surface area contributed by atoms with Gasteiger partial charge in [-0.05, 0) is 36.4 Å². The Bertz CT molecular complexity index is 441. The summed E-state index contributed by atoms with van der Waals surface area (Å²) in [6.07, 6.45) is 2.47. The summed E-state index contributed by atoms with van der Waals surface area (Å²) in [7, 11) is 0. The molecule has 17 heavy (non-hydrogen) atoms. The van der Waals surface area contributed by atoms with E-state index in [1.807, 2.05) is 24.3 Å². The lowest BCUT2D eigenvalue weighted by Gasteiger charge is -2.09. The number of furan rings is 1. The van der Waals surface area contributed by atoms with E-state index in [1.54, 1.807) is 18.0 Å². The predicted octanol–water partition coefficient (Wildman–Crippen LogP) is 3.70. The molecule has 0 fully saturated rings. The van der Waals surface area contributed by atoms with Crippen molar-refractivity contribution in [3.63, 3.8) is 0 Å². The first-order valence-corrected chi connectivity index (χ1v) is 7.18. The van der Waals surface area contributed by atoms with Gasteiger partial charge in [-0.15, -0.1) is 11.8 Å². The maximum Gasteiger partial charge on any atom is 0.105 e. The Kier molecular flexibility index (Phi) is 4.71. The van der Waals surface area contributed by atoms with Gasteiger partial charge in [-0.25, -0.2) is 0 Å². The van der Waals surface area contributed by atoms with Crippen LogP contribution < -0.4 is 5.73 Å². The summed E-state index contributed by atoms with van der Waals surface area (Å²) in [5.41, 5.74) is 6.05. The van der Waals surface area contributed by atoms with E-state index < -0.39 is 0 Å². The third-order valence-electron chi connectivity index (χ3n) is 2.32. The Morgan fingerprint density at radius 2 is 2.00 bits per heavy atom. The highest BCUT2D eigenvalue weighted by Crippen LogP contribution is 2.21. The summed E-state index contributed by atoms with van der Waals surface area (Å²) in [4.78, 5) is 1.24. The minimum Gasteiger partial charge on any atom is -0.469 e. The quantitative estimate of drug-likeness (QED) is 0.856. The van der Waals surface area contributed by atoms with Crippen LogP contribution in [0.1, 0.15) is 5.76 Å². The highest BCUT2D eigenvalue weighted by atomic mass is 79.9. The highest BCUT2D eigenvalue weighted by Gasteiger charge is 2.06. The van der Waals surface area contributed by atoms with E-state index in [-0.39, 0.29) is 6.04 Å². The van der Waals surface area contributed by atoms with Gasteiger partial charge in [-0.2, -0.15) is 0 Å². The zero-order valence-corrected chi connectivity index (χ0v) is 11.7. The molecule has 1 unspecified atom stereocenters. The Labute approximate surface area is 114 Å². The van der Waals surface area contributed by atoms with Crippen molar-refractivity contribution < 1.29 is 4.42 Å². The van der Waals surface area contributed by atoms with Crippen LogP contribution in [0.2, 0.25) is 0 Å². The van der Waals surface area contributed by atoms with Gasteiger partial charge in [0, 0.05) is 27.6 Å². The summed E-state index contributed by atoms with van der Waals surface area (Å²) in [5, 5.41) is 0. The van der Waals surface area contributed by atoms with Gasteiger partial charge in [-0.3, -0.25) is 0 Å². The normalized spacial score (nSPS) is 12.6.